The summed E-state index contributed by atoms with van der Waals surface area (Å²) in [6, 6.07) is 4.04. The number of rotatable bonds is 3. The molecule has 0 saturated heterocycles. The van der Waals surface area contributed by atoms with Crippen LogP contribution in [0, 0.1) is 0 Å². The molecule has 0 aliphatic heterocycles. The van der Waals surface area contributed by atoms with Crippen LogP contribution in [-0.4, -0.2) is 24.9 Å². The van der Waals surface area contributed by atoms with E-state index in [9.17, 15) is 4.79 Å². The van der Waals surface area contributed by atoms with Gasteiger partial charge < -0.3 is 10.6 Å². The first-order chi connectivity index (χ1) is 8.56. The molecule has 2 rings (SSSR count). The summed E-state index contributed by atoms with van der Waals surface area (Å²) in [4.78, 5) is 16.1. The van der Waals surface area contributed by atoms with E-state index in [1.165, 1.54) is 16.2 Å². The largest absolute Gasteiger partial charge is 0.390 e. The van der Waals surface area contributed by atoms with Gasteiger partial charge in [-0.2, -0.15) is 0 Å². The quantitative estimate of drug-likeness (QED) is 0.937. The number of carbonyl (C=O) groups is 1. The number of nitrogens with two attached hydrogens (primary N) is 1. The highest BCUT2D eigenvalue weighted by Crippen LogP contribution is 2.41. The van der Waals surface area contributed by atoms with Crippen molar-refractivity contribution in [2.45, 2.75) is 13.3 Å². The third-order valence-corrected chi connectivity index (χ3v) is 4.77. The summed E-state index contributed by atoms with van der Waals surface area (Å²) in [5, 5.41) is 2.64. The highest BCUT2D eigenvalue weighted by atomic mass is 32.1. The van der Waals surface area contributed by atoms with Crippen molar-refractivity contribution in [3.63, 3.8) is 0 Å². The fraction of sp³-hybridized carbons (Fsp3) is 0.308. The molecule has 1 amide bonds. The van der Waals surface area contributed by atoms with Gasteiger partial charge in [0.05, 0.1) is 10.6 Å². The number of hydrogen-bond donors (Lipinski definition) is 1. The van der Waals surface area contributed by atoms with E-state index in [0.717, 1.165) is 16.9 Å². The molecule has 5 heteroatoms. The molecular formula is C13H16N2OS2. The first-order valence-corrected chi connectivity index (χ1v) is 7.42. The van der Waals surface area contributed by atoms with Gasteiger partial charge in [0.25, 0.3) is 5.91 Å². The number of amides is 1. The molecule has 2 N–H and O–H groups in total. The maximum Gasteiger partial charge on any atom is 0.256 e. The molecule has 96 valence electrons. The number of hydrogen-bond acceptors (Lipinski definition) is 4. The standard InChI is InChI=1S/C13H16N2OS2/c1-4-8-10(9-6-5-7-17-9)11(12(14)18-8)13(16)15(2)3/h5-7H,4,14H2,1-3H3. The van der Waals surface area contributed by atoms with Gasteiger partial charge in [-0.1, -0.05) is 13.0 Å². The van der Waals surface area contributed by atoms with E-state index in [4.69, 9.17) is 5.73 Å². The molecule has 0 bridgehead atoms. The molecule has 0 fully saturated rings. The third kappa shape index (κ3) is 2.15. The van der Waals surface area contributed by atoms with Crippen LogP contribution in [0.25, 0.3) is 10.4 Å². The van der Waals surface area contributed by atoms with E-state index in [-0.39, 0.29) is 5.91 Å². The van der Waals surface area contributed by atoms with Crippen LogP contribution < -0.4 is 5.73 Å². The predicted molar refractivity (Wildman–Crippen MR) is 79.4 cm³/mol. The summed E-state index contributed by atoms with van der Waals surface area (Å²) in [5.41, 5.74) is 7.72. The zero-order chi connectivity index (χ0) is 13.3. The lowest BCUT2D eigenvalue weighted by atomic mass is 10.1. The number of nitrogen functional groups attached to an aromatic ring is 1. The first kappa shape index (κ1) is 13.1. The Balaban J connectivity index is 2.65. The summed E-state index contributed by atoms with van der Waals surface area (Å²) in [6.07, 6.45) is 0.892. The molecule has 0 saturated carbocycles. The number of nitrogens with zero attached hydrogens (tertiary/aromatic N) is 1. The van der Waals surface area contributed by atoms with Gasteiger partial charge in [0, 0.05) is 29.4 Å². The fourth-order valence-corrected chi connectivity index (χ4v) is 3.75. The SMILES string of the molecule is CCc1sc(N)c(C(=O)N(C)C)c1-c1cccs1. The zero-order valence-corrected chi connectivity index (χ0v) is 12.3. The van der Waals surface area contributed by atoms with E-state index in [1.54, 1.807) is 30.3 Å². The van der Waals surface area contributed by atoms with Gasteiger partial charge in [-0.25, -0.2) is 0 Å². The Kier molecular flexibility index (Phi) is 3.73. The number of thiophene rings is 2. The van der Waals surface area contributed by atoms with Crippen LogP contribution in [0.15, 0.2) is 17.5 Å². The summed E-state index contributed by atoms with van der Waals surface area (Å²) >= 11 is 3.16. The van der Waals surface area contributed by atoms with Gasteiger partial charge >= 0.3 is 0 Å². The van der Waals surface area contributed by atoms with E-state index >= 15 is 0 Å². The van der Waals surface area contributed by atoms with E-state index in [2.05, 4.69) is 6.92 Å². The van der Waals surface area contributed by atoms with Crippen molar-refractivity contribution < 1.29 is 4.79 Å². The maximum atomic E-state index is 12.3. The summed E-state index contributed by atoms with van der Waals surface area (Å²) in [5.74, 6) is -0.0214. The molecule has 2 aromatic rings. The Bertz CT molecular complexity index is 556. The lowest BCUT2D eigenvalue weighted by molar-refractivity contribution is 0.0830. The number of anilines is 1. The molecule has 0 unspecified atom stereocenters. The molecule has 0 radical (unpaired) electrons. The van der Waals surface area contributed by atoms with Gasteiger partial charge in [0.1, 0.15) is 0 Å². The molecular weight excluding hydrogens is 264 g/mol. The number of carbonyl (C=O) groups excluding carboxylic acids is 1. The van der Waals surface area contributed by atoms with Crippen LogP contribution in [0.5, 0.6) is 0 Å². The third-order valence-electron chi connectivity index (χ3n) is 2.72. The second kappa shape index (κ2) is 5.12. The van der Waals surface area contributed by atoms with Gasteiger partial charge in [-0.3, -0.25) is 4.79 Å². The summed E-state index contributed by atoms with van der Waals surface area (Å²) < 4.78 is 0. The molecule has 0 spiro atoms. The summed E-state index contributed by atoms with van der Waals surface area (Å²) in [6.45, 7) is 2.09. The molecule has 2 heterocycles. The van der Waals surface area contributed by atoms with E-state index in [0.29, 0.717) is 10.6 Å². The van der Waals surface area contributed by atoms with Crippen molar-refractivity contribution in [3.8, 4) is 10.4 Å². The minimum atomic E-state index is -0.0214. The topological polar surface area (TPSA) is 46.3 Å². The Labute approximate surface area is 115 Å². The molecule has 0 aliphatic carbocycles. The Morgan fingerprint density at radius 2 is 2.17 bits per heavy atom. The molecule has 18 heavy (non-hydrogen) atoms. The minimum Gasteiger partial charge on any atom is -0.390 e. The second-order valence-electron chi connectivity index (χ2n) is 4.17. The van der Waals surface area contributed by atoms with Crippen molar-refractivity contribution >= 4 is 33.6 Å². The van der Waals surface area contributed by atoms with Crippen molar-refractivity contribution in [1.29, 1.82) is 0 Å². The second-order valence-corrected chi connectivity index (χ2v) is 6.25. The summed E-state index contributed by atoms with van der Waals surface area (Å²) in [7, 11) is 3.51. The number of aryl methyl sites for hydroxylation is 1. The van der Waals surface area contributed by atoms with Crippen LogP contribution in [0.2, 0.25) is 0 Å². The van der Waals surface area contributed by atoms with Gasteiger partial charge in [0.2, 0.25) is 0 Å². The van der Waals surface area contributed by atoms with Gasteiger partial charge in [-0.15, -0.1) is 22.7 Å². The van der Waals surface area contributed by atoms with Crippen LogP contribution in [0.4, 0.5) is 5.00 Å². The lowest BCUT2D eigenvalue weighted by Gasteiger charge is -2.12. The Morgan fingerprint density at radius 3 is 2.67 bits per heavy atom. The van der Waals surface area contributed by atoms with Crippen molar-refractivity contribution in [1.82, 2.24) is 4.90 Å². The minimum absolute atomic E-state index is 0.0214. The molecule has 0 aromatic carbocycles. The van der Waals surface area contributed by atoms with E-state index < -0.39 is 0 Å². The average Bonchev–Trinajstić information content (AvgIpc) is 2.94. The zero-order valence-electron chi connectivity index (χ0n) is 10.7. The average molecular weight is 280 g/mol. The van der Waals surface area contributed by atoms with Crippen LogP contribution >= 0.6 is 22.7 Å². The Morgan fingerprint density at radius 1 is 1.44 bits per heavy atom. The van der Waals surface area contributed by atoms with Crippen LogP contribution in [-0.2, 0) is 6.42 Å². The molecule has 2 aromatic heterocycles. The molecule has 0 atom stereocenters. The smallest absolute Gasteiger partial charge is 0.256 e. The van der Waals surface area contributed by atoms with E-state index in [1.807, 2.05) is 17.5 Å². The van der Waals surface area contributed by atoms with Crippen molar-refractivity contribution in [2.75, 3.05) is 19.8 Å². The predicted octanol–water partition coefficient (Wildman–Crippen LogP) is 3.32. The fourth-order valence-electron chi connectivity index (χ4n) is 1.86. The van der Waals surface area contributed by atoms with Gasteiger partial charge in [0.15, 0.2) is 0 Å². The first-order valence-electron chi connectivity index (χ1n) is 5.72. The van der Waals surface area contributed by atoms with Gasteiger partial charge in [-0.05, 0) is 17.9 Å². The monoisotopic (exact) mass is 280 g/mol. The van der Waals surface area contributed by atoms with Crippen molar-refractivity contribution in [3.05, 3.63) is 28.0 Å². The van der Waals surface area contributed by atoms with Crippen LogP contribution in [0.1, 0.15) is 22.2 Å². The molecule has 0 aliphatic rings. The highest BCUT2D eigenvalue weighted by molar-refractivity contribution is 7.18. The normalized spacial score (nSPS) is 10.6. The maximum absolute atomic E-state index is 12.3. The molecule has 3 nitrogen and oxygen atoms in total. The highest BCUT2D eigenvalue weighted by Gasteiger charge is 2.24. The van der Waals surface area contributed by atoms with Crippen LogP contribution in [0.3, 0.4) is 0 Å². The van der Waals surface area contributed by atoms with Crippen molar-refractivity contribution in [2.24, 2.45) is 0 Å². The Hall–Kier alpha value is -1.33. The lowest BCUT2D eigenvalue weighted by Crippen LogP contribution is -2.22.